The van der Waals surface area contributed by atoms with Gasteiger partial charge >= 0.3 is 0 Å². The Bertz CT molecular complexity index is 329. The van der Waals surface area contributed by atoms with Crippen LogP contribution in [0.1, 0.15) is 57.2 Å². The molecule has 0 saturated heterocycles. The van der Waals surface area contributed by atoms with Crippen molar-refractivity contribution in [3.63, 3.8) is 0 Å². The molecular formula is C13H23N3O. The van der Waals surface area contributed by atoms with E-state index < -0.39 is 0 Å². The standard InChI is InChI=1S/C13H23N3O/c1-10(12-7-5-3-4-6-8-12)14-9-13-16-15-11(2)17-13/h10,12,14H,3-9H2,1-2H3/t10-/m1/s1. The number of rotatable bonds is 4. The van der Waals surface area contributed by atoms with E-state index in [9.17, 15) is 0 Å². The Morgan fingerprint density at radius 3 is 2.53 bits per heavy atom. The lowest BCUT2D eigenvalue weighted by Gasteiger charge is -2.22. The Kier molecular flexibility index (Phi) is 4.54. The van der Waals surface area contributed by atoms with Gasteiger partial charge in [0, 0.05) is 13.0 Å². The Morgan fingerprint density at radius 2 is 1.94 bits per heavy atom. The van der Waals surface area contributed by atoms with Crippen LogP contribution in [0.25, 0.3) is 0 Å². The Hall–Kier alpha value is -0.900. The molecule has 1 heterocycles. The van der Waals surface area contributed by atoms with Gasteiger partial charge in [-0.1, -0.05) is 25.7 Å². The summed E-state index contributed by atoms with van der Waals surface area (Å²) in [6.45, 7) is 4.79. The number of nitrogens with zero attached hydrogens (tertiary/aromatic N) is 2. The molecule has 0 aromatic carbocycles. The lowest BCUT2D eigenvalue weighted by atomic mass is 9.93. The zero-order chi connectivity index (χ0) is 12.1. The molecule has 1 aromatic heterocycles. The molecule has 1 saturated carbocycles. The van der Waals surface area contributed by atoms with Crippen molar-refractivity contribution in [1.82, 2.24) is 15.5 Å². The summed E-state index contributed by atoms with van der Waals surface area (Å²) in [6.07, 6.45) is 8.30. The molecule has 2 rings (SSSR count). The van der Waals surface area contributed by atoms with Crippen LogP contribution in [-0.2, 0) is 6.54 Å². The molecule has 1 aliphatic carbocycles. The first-order valence-electron chi connectivity index (χ1n) is 6.78. The summed E-state index contributed by atoms with van der Waals surface area (Å²) in [7, 11) is 0. The first-order chi connectivity index (χ1) is 8.25. The van der Waals surface area contributed by atoms with Gasteiger partial charge in [-0.2, -0.15) is 0 Å². The average molecular weight is 237 g/mol. The summed E-state index contributed by atoms with van der Waals surface area (Å²) in [5.41, 5.74) is 0. The van der Waals surface area contributed by atoms with E-state index in [2.05, 4.69) is 22.4 Å². The molecule has 4 heteroatoms. The monoisotopic (exact) mass is 237 g/mol. The van der Waals surface area contributed by atoms with Gasteiger partial charge in [0.1, 0.15) is 0 Å². The van der Waals surface area contributed by atoms with Gasteiger partial charge in [-0.05, 0) is 25.7 Å². The molecule has 0 aliphatic heterocycles. The van der Waals surface area contributed by atoms with Crippen molar-refractivity contribution in [2.24, 2.45) is 5.92 Å². The van der Waals surface area contributed by atoms with Gasteiger partial charge in [-0.3, -0.25) is 0 Å². The number of hydrogen-bond acceptors (Lipinski definition) is 4. The zero-order valence-corrected chi connectivity index (χ0v) is 10.9. The highest BCUT2D eigenvalue weighted by molar-refractivity contribution is 4.81. The third-order valence-electron chi connectivity index (χ3n) is 3.75. The molecule has 17 heavy (non-hydrogen) atoms. The molecule has 1 aliphatic rings. The normalized spacial score (nSPS) is 20.1. The Morgan fingerprint density at radius 1 is 1.24 bits per heavy atom. The average Bonchev–Trinajstić information content (AvgIpc) is 2.58. The van der Waals surface area contributed by atoms with E-state index in [1.54, 1.807) is 0 Å². The van der Waals surface area contributed by atoms with Gasteiger partial charge in [-0.25, -0.2) is 0 Å². The second kappa shape index (κ2) is 6.15. The molecule has 0 amide bonds. The maximum atomic E-state index is 5.36. The van der Waals surface area contributed by atoms with Crippen molar-refractivity contribution in [3.8, 4) is 0 Å². The zero-order valence-electron chi connectivity index (χ0n) is 10.9. The van der Waals surface area contributed by atoms with Crippen LogP contribution < -0.4 is 5.32 Å². The molecule has 4 nitrogen and oxygen atoms in total. The predicted octanol–water partition coefficient (Wildman–Crippen LogP) is 2.83. The van der Waals surface area contributed by atoms with Crippen molar-refractivity contribution in [3.05, 3.63) is 11.8 Å². The highest BCUT2D eigenvalue weighted by Crippen LogP contribution is 2.25. The summed E-state index contributed by atoms with van der Waals surface area (Å²) in [5, 5.41) is 11.4. The quantitative estimate of drug-likeness (QED) is 0.818. The fourth-order valence-corrected chi connectivity index (χ4v) is 2.63. The number of hydrogen-bond donors (Lipinski definition) is 1. The van der Waals surface area contributed by atoms with Crippen molar-refractivity contribution in [1.29, 1.82) is 0 Å². The van der Waals surface area contributed by atoms with Crippen LogP contribution in [-0.4, -0.2) is 16.2 Å². The van der Waals surface area contributed by atoms with Crippen molar-refractivity contribution in [2.45, 2.75) is 65.0 Å². The smallest absolute Gasteiger partial charge is 0.230 e. The van der Waals surface area contributed by atoms with E-state index in [-0.39, 0.29) is 0 Å². The maximum absolute atomic E-state index is 5.36. The van der Waals surface area contributed by atoms with Crippen molar-refractivity contribution < 1.29 is 4.42 Å². The second-order valence-corrected chi connectivity index (χ2v) is 5.14. The lowest BCUT2D eigenvalue weighted by Crippen LogP contribution is -2.33. The number of aromatic nitrogens is 2. The maximum Gasteiger partial charge on any atom is 0.230 e. The van der Waals surface area contributed by atoms with Gasteiger partial charge in [0.2, 0.25) is 11.8 Å². The van der Waals surface area contributed by atoms with Gasteiger partial charge in [0.25, 0.3) is 0 Å². The van der Waals surface area contributed by atoms with Crippen molar-refractivity contribution >= 4 is 0 Å². The van der Waals surface area contributed by atoms with E-state index in [4.69, 9.17) is 4.42 Å². The Labute approximate surface area is 103 Å². The number of nitrogens with one attached hydrogen (secondary N) is 1. The minimum atomic E-state index is 0.542. The van der Waals surface area contributed by atoms with Crippen LogP contribution >= 0.6 is 0 Å². The van der Waals surface area contributed by atoms with E-state index in [1.807, 2.05) is 6.92 Å². The highest BCUT2D eigenvalue weighted by Gasteiger charge is 2.19. The van der Waals surface area contributed by atoms with Crippen LogP contribution in [0.4, 0.5) is 0 Å². The number of aryl methyl sites for hydroxylation is 1. The summed E-state index contributed by atoms with van der Waals surface area (Å²) in [4.78, 5) is 0. The Balaban J connectivity index is 1.77. The summed E-state index contributed by atoms with van der Waals surface area (Å²) in [6, 6.07) is 0.542. The first kappa shape index (κ1) is 12.6. The molecule has 0 spiro atoms. The lowest BCUT2D eigenvalue weighted by molar-refractivity contribution is 0.322. The van der Waals surface area contributed by atoms with Crippen LogP contribution in [0.3, 0.4) is 0 Å². The van der Waals surface area contributed by atoms with Crippen molar-refractivity contribution in [2.75, 3.05) is 0 Å². The largest absolute Gasteiger partial charge is 0.424 e. The fourth-order valence-electron chi connectivity index (χ4n) is 2.63. The molecule has 1 atom stereocenters. The van der Waals surface area contributed by atoms with Gasteiger partial charge < -0.3 is 9.73 Å². The van der Waals surface area contributed by atoms with Crippen LogP contribution in [0.5, 0.6) is 0 Å². The SMILES string of the molecule is Cc1nnc(CN[C@H](C)C2CCCCCC2)o1. The molecule has 0 radical (unpaired) electrons. The van der Waals surface area contributed by atoms with E-state index in [0.29, 0.717) is 24.4 Å². The van der Waals surface area contributed by atoms with Crippen LogP contribution in [0.15, 0.2) is 4.42 Å². The molecular weight excluding hydrogens is 214 g/mol. The summed E-state index contributed by atoms with van der Waals surface area (Å²) in [5.74, 6) is 2.15. The molecule has 0 unspecified atom stereocenters. The van der Waals surface area contributed by atoms with E-state index in [1.165, 1.54) is 38.5 Å². The predicted molar refractivity (Wildman–Crippen MR) is 66.5 cm³/mol. The molecule has 0 bridgehead atoms. The van der Waals surface area contributed by atoms with E-state index >= 15 is 0 Å². The highest BCUT2D eigenvalue weighted by atomic mass is 16.4. The third-order valence-corrected chi connectivity index (χ3v) is 3.75. The summed E-state index contributed by atoms with van der Waals surface area (Å²) < 4.78 is 5.36. The fraction of sp³-hybridized carbons (Fsp3) is 0.846. The molecule has 96 valence electrons. The molecule has 1 aromatic rings. The molecule has 1 fully saturated rings. The third kappa shape index (κ3) is 3.80. The van der Waals surface area contributed by atoms with E-state index in [0.717, 1.165) is 5.92 Å². The first-order valence-corrected chi connectivity index (χ1v) is 6.78. The molecule has 1 N–H and O–H groups in total. The topological polar surface area (TPSA) is 51.0 Å². The van der Waals surface area contributed by atoms with Crippen LogP contribution in [0.2, 0.25) is 0 Å². The minimum Gasteiger partial charge on any atom is -0.424 e. The second-order valence-electron chi connectivity index (χ2n) is 5.14. The van der Waals surface area contributed by atoms with Crippen LogP contribution in [0, 0.1) is 12.8 Å². The minimum absolute atomic E-state index is 0.542. The van der Waals surface area contributed by atoms with Gasteiger partial charge in [0.05, 0.1) is 6.54 Å². The van der Waals surface area contributed by atoms with Gasteiger partial charge in [-0.15, -0.1) is 10.2 Å². The van der Waals surface area contributed by atoms with Gasteiger partial charge in [0.15, 0.2) is 0 Å². The summed E-state index contributed by atoms with van der Waals surface area (Å²) >= 11 is 0.